The number of hydrogen-bond donors (Lipinski definition) is 0. The van der Waals surface area contributed by atoms with E-state index < -0.39 is 0 Å². The van der Waals surface area contributed by atoms with E-state index in [0.29, 0.717) is 12.2 Å². The van der Waals surface area contributed by atoms with Gasteiger partial charge in [0.2, 0.25) is 0 Å². The Balaban J connectivity index is 1.92. The molecule has 2 rings (SSSR count). The molecule has 0 aliphatic heterocycles. The van der Waals surface area contributed by atoms with Crippen LogP contribution in [-0.2, 0) is 6.42 Å². The van der Waals surface area contributed by atoms with Crippen molar-refractivity contribution in [2.75, 3.05) is 13.6 Å². The van der Waals surface area contributed by atoms with Crippen molar-refractivity contribution in [1.29, 1.82) is 0 Å². The molecule has 0 aliphatic rings. The van der Waals surface area contributed by atoms with E-state index in [1.54, 1.807) is 47.8 Å². The first-order valence-electron chi connectivity index (χ1n) is 5.32. The highest BCUT2D eigenvalue weighted by atomic mass is 32.1. The molecular formula is C12H13N3OS. The molecule has 2 heterocycles. The molecule has 0 saturated carbocycles. The predicted octanol–water partition coefficient (Wildman–Crippen LogP) is 1.85. The lowest BCUT2D eigenvalue weighted by atomic mass is 10.3. The SMILES string of the molecule is CN(CCc1nccs1)C(=O)c1ccccn1. The quantitative estimate of drug-likeness (QED) is 0.828. The maximum atomic E-state index is 12.0. The third-order valence-electron chi connectivity index (χ3n) is 2.38. The number of hydrogen-bond acceptors (Lipinski definition) is 4. The van der Waals surface area contributed by atoms with Crippen LogP contribution in [-0.4, -0.2) is 34.4 Å². The van der Waals surface area contributed by atoms with E-state index in [1.165, 1.54) is 0 Å². The van der Waals surface area contributed by atoms with E-state index in [1.807, 2.05) is 11.4 Å². The highest BCUT2D eigenvalue weighted by molar-refractivity contribution is 7.09. The average molecular weight is 247 g/mol. The zero-order chi connectivity index (χ0) is 12.1. The summed E-state index contributed by atoms with van der Waals surface area (Å²) in [5, 5.41) is 2.99. The summed E-state index contributed by atoms with van der Waals surface area (Å²) in [6.45, 7) is 0.656. The molecule has 1 amide bonds. The Morgan fingerprint density at radius 1 is 1.35 bits per heavy atom. The van der Waals surface area contributed by atoms with Crippen LogP contribution in [0.5, 0.6) is 0 Å². The van der Waals surface area contributed by atoms with Crippen LogP contribution in [0.2, 0.25) is 0 Å². The molecule has 0 radical (unpaired) electrons. The van der Waals surface area contributed by atoms with Crippen molar-refractivity contribution in [1.82, 2.24) is 14.9 Å². The van der Waals surface area contributed by atoms with Crippen LogP contribution in [0.15, 0.2) is 36.0 Å². The molecule has 5 heteroatoms. The Bertz CT molecular complexity index is 470. The molecule has 88 valence electrons. The van der Waals surface area contributed by atoms with Gasteiger partial charge in [-0.2, -0.15) is 0 Å². The molecule has 0 fully saturated rings. The maximum Gasteiger partial charge on any atom is 0.272 e. The van der Waals surface area contributed by atoms with E-state index >= 15 is 0 Å². The molecule has 0 saturated heterocycles. The summed E-state index contributed by atoms with van der Waals surface area (Å²) in [7, 11) is 1.78. The number of rotatable bonds is 4. The van der Waals surface area contributed by atoms with Crippen molar-refractivity contribution in [3.8, 4) is 0 Å². The molecule has 2 aromatic heterocycles. The van der Waals surface area contributed by atoms with E-state index in [0.717, 1.165) is 11.4 Å². The van der Waals surface area contributed by atoms with Crippen molar-refractivity contribution in [3.05, 3.63) is 46.7 Å². The Kier molecular flexibility index (Phi) is 3.82. The third kappa shape index (κ3) is 3.10. The van der Waals surface area contributed by atoms with Crippen LogP contribution in [0.3, 0.4) is 0 Å². The van der Waals surface area contributed by atoms with Gasteiger partial charge in [-0.15, -0.1) is 11.3 Å². The second-order valence-electron chi connectivity index (χ2n) is 3.62. The van der Waals surface area contributed by atoms with Gasteiger partial charge in [-0.1, -0.05) is 6.07 Å². The Morgan fingerprint density at radius 2 is 2.24 bits per heavy atom. The van der Waals surface area contributed by atoms with Gasteiger partial charge >= 0.3 is 0 Å². The van der Waals surface area contributed by atoms with Gasteiger partial charge in [0, 0.05) is 37.8 Å². The number of pyridine rings is 1. The molecule has 17 heavy (non-hydrogen) atoms. The average Bonchev–Trinajstić information content (AvgIpc) is 2.89. The van der Waals surface area contributed by atoms with Gasteiger partial charge in [-0.3, -0.25) is 9.78 Å². The lowest BCUT2D eigenvalue weighted by Crippen LogP contribution is -2.29. The zero-order valence-corrected chi connectivity index (χ0v) is 10.4. The minimum Gasteiger partial charge on any atom is -0.340 e. The highest BCUT2D eigenvalue weighted by Gasteiger charge is 2.12. The molecule has 2 aromatic rings. The van der Waals surface area contributed by atoms with Crippen LogP contribution in [0, 0.1) is 0 Å². The van der Waals surface area contributed by atoms with Gasteiger partial charge in [-0.05, 0) is 12.1 Å². The van der Waals surface area contributed by atoms with E-state index in [9.17, 15) is 4.79 Å². The fourth-order valence-corrected chi connectivity index (χ4v) is 2.04. The van der Waals surface area contributed by atoms with Crippen molar-refractivity contribution < 1.29 is 4.79 Å². The molecule has 0 atom stereocenters. The van der Waals surface area contributed by atoms with Crippen LogP contribution in [0.4, 0.5) is 0 Å². The number of carbonyl (C=O) groups is 1. The molecule has 0 aromatic carbocycles. The highest BCUT2D eigenvalue weighted by Crippen LogP contribution is 2.06. The summed E-state index contributed by atoms with van der Waals surface area (Å²) < 4.78 is 0. The van der Waals surface area contributed by atoms with E-state index in [-0.39, 0.29) is 5.91 Å². The van der Waals surface area contributed by atoms with Gasteiger partial charge in [0.25, 0.3) is 5.91 Å². The number of carbonyl (C=O) groups excluding carboxylic acids is 1. The van der Waals surface area contributed by atoms with Crippen molar-refractivity contribution in [3.63, 3.8) is 0 Å². The predicted molar refractivity (Wildman–Crippen MR) is 67.0 cm³/mol. The van der Waals surface area contributed by atoms with Crippen LogP contribution in [0.1, 0.15) is 15.5 Å². The Labute approximate surface area is 104 Å². The van der Waals surface area contributed by atoms with Crippen molar-refractivity contribution in [2.45, 2.75) is 6.42 Å². The Morgan fingerprint density at radius 3 is 2.88 bits per heavy atom. The molecule has 0 spiro atoms. The number of amides is 1. The topological polar surface area (TPSA) is 46.1 Å². The molecule has 0 N–H and O–H groups in total. The lowest BCUT2D eigenvalue weighted by molar-refractivity contribution is 0.0791. The number of nitrogens with zero attached hydrogens (tertiary/aromatic N) is 3. The minimum atomic E-state index is -0.0536. The number of likely N-dealkylation sites (N-methyl/N-ethyl adjacent to an activating group) is 1. The van der Waals surface area contributed by atoms with Gasteiger partial charge in [0.05, 0.1) is 5.01 Å². The summed E-state index contributed by atoms with van der Waals surface area (Å²) in [6, 6.07) is 5.34. The summed E-state index contributed by atoms with van der Waals surface area (Å²) in [4.78, 5) is 21.8. The van der Waals surface area contributed by atoms with Crippen LogP contribution < -0.4 is 0 Å². The fourth-order valence-electron chi connectivity index (χ4n) is 1.43. The van der Waals surface area contributed by atoms with Crippen molar-refractivity contribution >= 4 is 17.2 Å². The lowest BCUT2D eigenvalue weighted by Gasteiger charge is -2.15. The Hall–Kier alpha value is -1.75. The third-order valence-corrected chi connectivity index (χ3v) is 3.21. The molecule has 4 nitrogen and oxygen atoms in total. The van der Waals surface area contributed by atoms with Gasteiger partial charge in [-0.25, -0.2) is 4.98 Å². The van der Waals surface area contributed by atoms with E-state index in [4.69, 9.17) is 0 Å². The summed E-state index contributed by atoms with van der Waals surface area (Å²) in [5.74, 6) is -0.0536. The first-order chi connectivity index (χ1) is 8.27. The van der Waals surface area contributed by atoms with Crippen molar-refractivity contribution in [2.24, 2.45) is 0 Å². The first kappa shape index (κ1) is 11.7. The molecule has 0 bridgehead atoms. The van der Waals surface area contributed by atoms with E-state index in [2.05, 4.69) is 9.97 Å². The largest absolute Gasteiger partial charge is 0.340 e. The molecule has 0 unspecified atom stereocenters. The first-order valence-corrected chi connectivity index (χ1v) is 6.20. The smallest absolute Gasteiger partial charge is 0.272 e. The second kappa shape index (κ2) is 5.54. The standard InChI is InChI=1S/C12H13N3OS/c1-15(8-5-11-14-7-9-17-11)12(16)10-4-2-3-6-13-10/h2-4,6-7,9H,5,8H2,1H3. The second-order valence-corrected chi connectivity index (χ2v) is 4.60. The van der Waals surface area contributed by atoms with Crippen LogP contribution >= 0.6 is 11.3 Å². The number of thiazole rings is 1. The van der Waals surface area contributed by atoms with Gasteiger partial charge < -0.3 is 4.90 Å². The molecular weight excluding hydrogens is 234 g/mol. The van der Waals surface area contributed by atoms with Crippen LogP contribution in [0.25, 0.3) is 0 Å². The molecule has 0 aliphatic carbocycles. The normalized spacial score (nSPS) is 10.2. The minimum absolute atomic E-state index is 0.0536. The summed E-state index contributed by atoms with van der Waals surface area (Å²) >= 11 is 1.61. The number of aromatic nitrogens is 2. The van der Waals surface area contributed by atoms with Gasteiger partial charge in [0.15, 0.2) is 0 Å². The zero-order valence-electron chi connectivity index (χ0n) is 9.54. The fraction of sp³-hybridized carbons (Fsp3) is 0.250. The van der Waals surface area contributed by atoms with Gasteiger partial charge in [0.1, 0.15) is 5.69 Å². The summed E-state index contributed by atoms with van der Waals surface area (Å²) in [5.41, 5.74) is 0.481. The maximum absolute atomic E-state index is 12.0. The monoisotopic (exact) mass is 247 g/mol. The summed E-state index contributed by atoms with van der Waals surface area (Å²) in [6.07, 6.45) is 4.19.